The molecule has 0 aliphatic carbocycles. The quantitative estimate of drug-likeness (QED) is 0.599. The van der Waals surface area contributed by atoms with Crippen molar-refractivity contribution in [3.8, 4) is 0 Å². The predicted molar refractivity (Wildman–Crippen MR) is 26.6 cm³/mol. The van der Waals surface area contributed by atoms with Crippen molar-refractivity contribution >= 4 is 25.2 Å². The van der Waals surface area contributed by atoms with Crippen LogP contribution in [0.2, 0.25) is 0 Å². The summed E-state index contributed by atoms with van der Waals surface area (Å²) in [6.45, 7) is 6.15. The van der Waals surface area contributed by atoms with Crippen molar-refractivity contribution in [3.05, 3.63) is 0 Å². The van der Waals surface area contributed by atoms with Crippen molar-refractivity contribution in [1.82, 2.24) is 0 Å². The molecule has 0 atom stereocenters. The van der Waals surface area contributed by atoms with Gasteiger partial charge in [0.25, 0.3) is 0 Å². The molecule has 0 bridgehead atoms. The summed E-state index contributed by atoms with van der Waals surface area (Å²) in [5.74, 6) is 0. The van der Waals surface area contributed by atoms with E-state index in [4.69, 9.17) is 2.81 Å². The van der Waals surface area contributed by atoms with Gasteiger partial charge >= 0.3 is 54.3 Å². The Morgan fingerprint density at radius 2 is 1.50 bits per heavy atom. The van der Waals surface area contributed by atoms with Gasteiger partial charge in [-0.3, -0.25) is 0 Å². The molecule has 0 aromatic rings. The Morgan fingerprint density at radius 3 is 1.50 bits per heavy atom. The molecule has 0 unspecified atom stereocenters. The second kappa shape index (κ2) is 2.23. The van der Waals surface area contributed by atoms with E-state index in [9.17, 15) is 0 Å². The van der Waals surface area contributed by atoms with Crippen LogP contribution < -0.4 is 0 Å². The second-order valence-corrected chi connectivity index (χ2v) is 2.91. The molecule has 0 spiro atoms. The van der Waals surface area contributed by atoms with Crippen LogP contribution in [0.15, 0.2) is 0 Å². The number of rotatable bonds is 0. The Labute approximate surface area is 54.5 Å². The van der Waals surface area contributed by atoms with E-state index in [0.29, 0.717) is 0 Å². The first kappa shape index (κ1) is 6.84. The fourth-order valence-electron chi connectivity index (χ4n) is 0. The topological polar surface area (TPSA) is 9.23 Å². The summed E-state index contributed by atoms with van der Waals surface area (Å²) < 4.78 is 5.05. The van der Waals surface area contributed by atoms with E-state index in [1.54, 1.807) is 0 Å². The zero-order chi connectivity index (χ0) is 5.21. The summed E-state index contributed by atoms with van der Waals surface area (Å²) in [5.41, 5.74) is 0.0910. The Bertz CT molecular complexity index is 37.3. The minimum absolute atomic E-state index is 0.0910. The summed E-state index contributed by atoms with van der Waals surface area (Å²) in [5, 5.41) is 0. The molecule has 6 heavy (non-hydrogen) atoms. The third-order valence-corrected chi connectivity index (χ3v) is 2.40. The molecule has 0 rings (SSSR count). The molecule has 0 saturated heterocycles. The van der Waals surface area contributed by atoms with E-state index in [1.165, 1.54) is 0 Å². The van der Waals surface area contributed by atoms with Gasteiger partial charge in [-0.2, -0.15) is 0 Å². The van der Waals surface area contributed by atoms with Crippen LogP contribution in [0, 0.1) is 0 Å². The Hall–Kier alpha value is 0.843. The average Bonchev–Trinajstić information content (AvgIpc) is 1.35. The molecule has 34 valence electrons. The molecule has 2 radical (unpaired) electrons. The number of hydrogen-bond acceptors (Lipinski definition) is 1. The van der Waals surface area contributed by atoms with Crippen molar-refractivity contribution in [2.45, 2.75) is 26.4 Å². The Balaban J connectivity index is 3.17. The molecular weight excluding hydrogens is 273 g/mol. The third kappa shape index (κ3) is 4.84. The van der Waals surface area contributed by atoms with Gasteiger partial charge in [0.05, 0.1) is 0 Å². The summed E-state index contributed by atoms with van der Waals surface area (Å²) in [6.07, 6.45) is 0. The van der Waals surface area contributed by atoms with Crippen LogP contribution in [0.25, 0.3) is 0 Å². The van der Waals surface area contributed by atoms with Gasteiger partial charge in [-0.05, 0) is 0 Å². The van der Waals surface area contributed by atoms with Gasteiger partial charge < -0.3 is 0 Å². The average molecular weight is 282 g/mol. The summed E-state index contributed by atoms with van der Waals surface area (Å²) in [7, 11) is 0. The summed E-state index contributed by atoms with van der Waals surface area (Å²) in [4.78, 5) is 0. The molecule has 0 aliphatic rings. The second-order valence-electron chi connectivity index (χ2n) is 2.20. The molecule has 0 fully saturated rings. The van der Waals surface area contributed by atoms with Crippen molar-refractivity contribution in [3.63, 3.8) is 0 Å². The molecule has 0 heterocycles. The van der Waals surface area contributed by atoms with E-state index in [0.717, 1.165) is 25.2 Å². The summed E-state index contributed by atoms with van der Waals surface area (Å²) >= 11 is 1.02. The molecule has 0 aromatic heterocycles. The van der Waals surface area contributed by atoms with E-state index in [2.05, 4.69) is 0 Å². The van der Waals surface area contributed by atoms with Crippen molar-refractivity contribution in [1.29, 1.82) is 0 Å². The maximum atomic E-state index is 5.05. The van der Waals surface area contributed by atoms with Crippen LogP contribution >= 0.6 is 0 Å². The molecular formula is C4H9BiO+2. The first-order chi connectivity index (χ1) is 2.56. The predicted octanol–water partition coefficient (Wildman–Crippen LogP) is 0.885. The molecule has 0 aromatic carbocycles. The van der Waals surface area contributed by atoms with Gasteiger partial charge in [-0.15, -0.1) is 0 Å². The standard InChI is InChI=1S/C4H9O.Bi/c1-4(2,3)5;/h1-3H3;/q-1;+3. The Morgan fingerprint density at radius 1 is 1.33 bits per heavy atom. The molecule has 2 heteroatoms. The molecule has 0 aliphatic heterocycles. The van der Waals surface area contributed by atoms with Gasteiger partial charge in [0.15, 0.2) is 0 Å². The Kier molecular flexibility index (Phi) is 2.54. The minimum atomic E-state index is 0.0910. The molecule has 0 amide bonds. The van der Waals surface area contributed by atoms with E-state index in [1.807, 2.05) is 20.8 Å². The van der Waals surface area contributed by atoms with Gasteiger partial charge in [0.1, 0.15) is 0 Å². The van der Waals surface area contributed by atoms with E-state index < -0.39 is 0 Å². The monoisotopic (exact) mass is 282 g/mol. The van der Waals surface area contributed by atoms with Crippen LogP contribution in [-0.4, -0.2) is 30.8 Å². The zero-order valence-corrected chi connectivity index (χ0v) is 7.83. The first-order valence-electron chi connectivity index (χ1n) is 1.89. The van der Waals surface area contributed by atoms with E-state index >= 15 is 0 Å². The van der Waals surface area contributed by atoms with Gasteiger partial charge in [0.2, 0.25) is 0 Å². The molecule has 0 N–H and O–H groups in total. The van der Waals surface area contributed by atoms with Crippen LogP contribution in [0.1, 0.15) is 20.8 Å². The van der Waals surface area contributed by atoms with Crippen molar-refractivity contribution < 1.29 is 2.81 Å². The zero-order valence-electron chi connectivity index (χ0n) is 4.36. The van der Waals surface area contributed by atoms with E-state index in [-0.39, 0.29) is 5.60 Å². The van der Waals surface area contributed by atoms with Gasteiger partial charge in [0, 0.05) is 0 Å². The maximum absolute atomic E-state index is 5.05. The van der Waals surface area contributed by atoms with Crippen LogP contribution in [0.3, 0.4) is 0 Å². The van der Waals surface area contributed by atoms with Crippen LogP contribution in [-0.2, 0) is 2.81 Å². The summed E-state index contributed by atoms with van der Waals surface area (Å²) in [6, 6.07) is 0. The number of hydrogen-bond donors (Lipinski definition) is 0. The SMILES string of the molecule is CC(C)(C)[O][Bi+2]. The fraction of sp³-hybridized carbons (Fsp3) is 1.00. The first-order valence-corrected chi connectivity index (χ1v) is 3.31. The third-order valence-electron chi connectivity index (χ3n) is 0.274. The fourth-order valence-corrected chi connectivity index (χ4v) is 0. The van der Waals surface area contributed by atoms with Gasteiger partial charge in [-0.25, -0.2) is 0 Å². The van der Waals surface area contributed by atoms with Crippen molar-refractivity contribution in [2.24, 2.45) is 0 Å². The van der Waals surface area contributed by atoms with Crippen molar-refractivity contribution in [2.75, 3.05) is 0 Å². The van der Waals surface area contributed by atoms with Gasteiger partial charge in [-0.1, -0.05) is 0 Å². The van der Waals surface area contributed by atoms with Crippen LogP contribution in [0.4, 0.5) is 0 Å². The molecule has 0 saturated carbocycles. The molecule has 1 nitrogen and oxygen atoms in total. The normalized spacial score (nSPS) is 11.8. The van der Waals surface area contributed by atoms with Crippen LogP contribution in [0.5, 0.6) is 0 Å².